The van der Waals surface area contributed by atoms with Crippen molar-refractivity contribution in [3.05, 3.63) is 152 Å². The van der Waals surface area contributed by atoms with Crippen LogP contribution in [-0.2, 0) is 0 Å². The van der Waals surface area contributed by atoms with Crippen molar-refractivity contribution in [3.8, 4) is 11.5 Å². The minimum absolute atomic E-state index is 0.100. The molecule has 3 nitrogen and oxygen atoms in total. The lowest BCUT2D eigenvalue weighted by atomic mass is 9.33. The van der Waals surface area contributed by atoms with Gasteiger partial charge < -0.3 is 14.5 Å². The van der Waals surface area contributed by atoms with Crippen LogP contribution in [0.4, 0.5) is 34.1 Å². The van der Waals surface area contributed by atoms with Gasteiger partial charge in [0.25, 0.3) is 6.71 Å². The fourth-order valence-electron chi connectivity index (χ4n) is 6.27. The maximum absolute atomic E-state index is 6.54. The minimum Gasteiger partial charge on any atom is -0.457 e. The van der Waals surface area contributed by atoms with E-state index in [4.69, 9.17) is 4.74 Å². The molecule has 0 saturated carbocycles. The molecule has 6 aromatic rings. The molecule has 0 aromatic heterocycles. The second-order valence-electron chi connectivity index (χ2n) is 10.2. The number of para-hydroxylation sites is 5. The number of benzene rings is 6. The van der Waals surface area contributed by atoms with E-state index in [9.17, 15) is 0 Å². The van der Waals surface area contributed by atoms with Gasteiger partial charge in [0, 0.05) is 46.3 Å². The SMILES string of the molecule is c1ccc(Oc2cc3c4c(c2)N(c2ccccc2)c2ccccc2B4c2ccccc2N3c2ccccc2)cc1. The Morgan fingerprint density at radius 3 is 1.32 bits per heavy atom. The highest BCUT2D eigenvalue weighted by Gasteiger charge is 2.43. The Morgan fingerprint density at radius 1 is 0.400 bits per heavy atom. The quantitative estimate of drug-likeness (QED) is 0.226. The number of anilines is 6. The van der Waals surface area contributed by atoms with Crippen molar-refractivity contribution in [1.29, 1.82) is 0 Å². The first kappa shape index (κ1) is 22.7. The average molecular weight is 512 g/mol. The lowest BCUT2D eigenvalue weighted by molar-refractivity contribution is 0.483. The molecule has 4 heteroatoms. The van der Waals surface area contributed by atoms with E-state index in [2.05, 4.69) is 131 Å². The highest BCUT2D eigenvalue weighted by molar-refractivity contribution is 7.00. The molecule has 2 heterocycles. The fraction of sp³-hybridized carbons (Fsp3) is 0. The summed E-state index contributed by atoms with van der Waals surface area (Å²) in [6.07, 6.45) is 0. The topological polar surface area (TPSA) is 15.7 Å². The van der Waals surface area contributed by atoms with Crippen LogP contribution in [0.5, 0.6) is 11.5 Å². The number of fused-ring (bicyclic) bond motifs is 4. The summed E-state index contributed by atoms with van der Waals surface area (Å²) in [7, 11) is 0. The van der Waals surface area contributed by atoms with E-state index in [-0.39, 0.29) is 6.71 Å². The molecule has 6 aromatic carbocycles. The van der Waals surface area contributed by atoms with Crippen LogP contribution in [0.2, 0.25) is 0 Å². The van der Waals surface area contributed by atoms with Gasteiger partial charge in [-0.1, -0.05) is 91.0 Å². The van der Waals surface area contributed by atoms with Crippen molar-refractivity contribution in [1.82, 2.24) is 0 Å². The first-order chi connectivity index (χ1) is 19.9. The van der Waals surface area contributed by atoms with Gasteiger partial charge in [-0.25, -0.2) is 0 Å². The third-order valence-electron chi connectivity index (χ3n) is 7.87. The van der Waals surface area contributed by atoms with Crippen molar-refractivity contribution in [2.75, 3.05) is 9.80 Å². The van der Waals surface area contributed by atoms with Gasteiger partial charge in [0.2, 0.25) is 0 Å². The van der Waals surface area contributed by atoms with Crippen LogP contribution in [0, 0.1) is 0 Å². The molecule has 0 amide bonds. The van der Waals surface area contributed by atoms with Crippen LogP contribution in [0.15, 0.2) is 152 Å². The third-order valence-corrected chi connectivity index (χ3v) is 7.87. The van der Waals surface area contributed by atoms with E-state index < -0.39 is 0 Å². The van der Waals surface area contributed by atoms with Gasteiger partial charge in [-0.2, -0.15) is 0 Å². The lowest BCUT2D eigenvalue weighted by Crippen LogP contribution is -2.61. The van der Waals surface area contributed by atoms with Crippen molar-refractivity contribution in [2.45, 2.75) is 0 Å². The van der Waals surface area contributed by atoms with Gasteiger partial charge in [-0.15, -0.1) is 0 Å². The summed E-state index contributed by atoms with van der Waals surface area (Å²) in [5.41, 5.74) is 10.8. The summed E-state index contributed by atoms with van der Waals surface area (Å²) >= 11 is 0. The standard InChI is InChI=1S/C36H25BN2O/c1-4-14-26(15-5-1)38-32-22-12-10-20-30(32)37-31-21-11-13-23-33(31)39(27-16-6-2-7-17-27)35-25-29(24-34(38)36(35)37)40-28-18-8-3-9-19-28/h1-25H. The monoisotopic (exact) mass is 512 g/mol. The summed E-state index contributed by atoms with van der Waals surface area (Å²) in [4.78, 5) is 4.78. The molecule has 188 valence electrons. The van der Waals surface area contributed by atoms with Crippen molar-refractivity contribution < 1.29 is 4.74 Å². The molecule has 0 bridgehead atoms. The summed E-state index contributed by atoms with van der Waals surface area (Å²) in [6.45, 7) is 0.100. The molecule has 0 N–H and O–H groups in total. The van der Waals surface area contributed by atoms with Gasteiger partial charge in [-0.3, -0.25) is 0 Å². The Bertz CT molecular complexity index is 1730. The first-order valence-corrected chi connectivity index (χ1v) is 13.7. The first-order valence-electron chi connectivity index (χ1n) is 13.7. The lowest BCUT2D eigenvalue weighted by Gasteiger charge is -2.44. The van der Waals surface area contributed by atoms with Crippen LogP contribution in [0.3, 0.4) is 0 Å². The molecular weight excluding hydrogens is 487 g/mol. The summed E-state index contributed by atoms with van der Waals surface area (Å²) in [5.74, 6) is 1.62. The normalized spacial score (nSPS) is 12.8. The predicted molar refractivity (Wildman–Crippen MR) is 167 cm³/mol. The summed E-state index contributed by atoms with van der Waals surface area (Å²) < 4.78 is 6.54. The maximum atomic E-state index is 6.54. The van der Waals surface area contributed by atoms with Gasteiger partial charge in [0.05, 0.1) is 0 Å². The zero-order valence-corrected chi connectivity index (χ0v) is 21.8. The predicted octanol–water partition coefficient (Wildman–Crippen LogP) is 7.56. The smallest absolute Gasteiger partial charge is 0.252 e. The second kappa shape index (κ2) is 9.21. The van der Waals surface area contributed by atoms with Crippen LogP contribution >= 0.6 is 0 Å². The van der Waals surface area contributed by atoms with Crippen molar-refractivity contribution >= 4 is 57.2 Å². The van der Waals surface area contributed by atoms with Crippen molar-refractivity contribution in [2.24, 2.45) is 0 Å². The number of nitrogens with zero attached hydrogens (tertiary/aromatic N) is 2. The van der Waals surface area contributed by atoms with Gasteiger partial charge in [-0.05, 0) is 64.9 Å². The second-order valence-corrected chi connectivity index (χ2v) is 10.2. The Hall–Kier alpha value is -5.22. The maximum Gasteiger partial charge on any atom is 0.252 e. The van der Waals surface area contributed by atoms with E-state index in [0.29, 0.717) is 0 Å². The largest absolute Gasteiger partial charge is 0.457 e. The molecule has 0 saturated heterocycles. The third kappa shape index (κ3) is 3.54. The molecule has 2 aliphatic rings. The van der Waals surface area contributed by atoms with Crippen LogP contribution < -0.4 is 30.9 Å². The number of hydrogen-bond donors (Lipinski definition) is 0. The number of hydrogen-bond acceptors (Lipinski definition) is 3. The fourth-order valence-corrected chi connectivity index (χ4v) is 6.27. The Labute approximate surface area is 234 Å². The minimum atomic E-state index is 0.100. The highest BCUT2D eigenvalue weighted by Crippen LogP contribution is 2.45. The Balaban J connectivity index is 1.46. The van der Waals surface area contributed by atoms with Crippen molar-refractivity contribution in [3.63, 3.8) is 0 Å². The number of ether oxygens (including phenoxy) is 1. The van der Waals surface area contributed by atoms with Crippen LogP contribution in [0.25, 0.3) is 0 Å². The van der Waals surface area contributed by atoms with E-state index in [1.165, 1.54) is 27.8 Å². The number of rotatable bonds is 4. The van der Waals surface area contributed by atoms with Gasteiger partial charge in [0.15, 0.2) is 0 Å². The molecule has 0 atom stereocenters. The Kier molecular flexibility index (Phi) is 5.24. The molecule has 0 fully saturated rings. The Morgan fingerprint density at radius 2 is 0.825 bits per heavy atom. The molecule has 0 aliphatic carbocycles. The molecule has 8 rings (SSSR count). The molecular formula is C36H25BN2O. The van der Waals surface area contributed by atoms with E-state index >= 15 is 0 Å². The van der Waals surface area contributed by atoms with Gasteiger partial charge >= 0.3 is 0 Å². The highest BCUT2D eigenvalue weighted by atomic mass is 16.5. The molecule has 0 radical (unpaired) electrons. The van der Waals surface area contributed by atoms with Crippen LogP contribution in [-0.4, -0.2) is 6.71 Å². The zero-order valence-electron chi connectivity index (χ0n) is 21.8. The molecule has 0 unspecified atom stereocenters. The van der Waals surface area contributed by atoms with E-state index in [0.717, 1.165) is 34.2 Å². The van der Waals surface area contributed by atoms with E-state index in [1.54, 1.807) is 0 Å². The van der Waals surface area contributed by atoms with Gasteiger partial charge in [0.1, 0.15) is 11.5 Å². The summed E-state index contributed by atoms with van der Waals surface area (Å²) in [6, 6.07) is 53.3. The zero-order chi connectivity index (χ0) is 26.5. The molecule has 0 spiro atoms. The van der Waals surface area contributed by atoms with E-state index in [1.807, 2.05) is 30.3 Å². The molecule has 2 aliphatic heterocycles. The average Bonchev–Trinajstić information content (AvgIpc) is 3.02. The summed E-state index contributed by atoms with van der Waals surface area (Å²) in [5, 5.41) is 0. The van der Waals surface area contributed by atoms with Crippen LogP contribution in [0.1, 0.15) is 0 Å². The molecule has 40 heavy (non-hydrogen) atoms.